The van der Waals surface area contributed by atoms with E-state index in [1.54, 1.807) is 0 Å². The van der Waals surface area contributed by atoms with Crippen molar-refractivity contribution in [2.75, 3.05) is 13.7 Å². The fourth-order valence-electron chi connectivity index (χ4n) is 3.61. The molecule has 114 valence electrons. The summed E-state index contributed by atoms with van der Waals surface area (Å²) in [4.78, 5) is 0. The summed E-state index contributed by atoms with van der Waals surface area (Å²) in [5.41, 5.74) is 0. The second kappa shape index (κ2) is 8.26. The van der Waals surface area contributed by atoms with E-state index >= 15 is 0 Å². The molecule has 5 unspecified atom stereocenters. The lowest BCUT2D eigenvalue weighted by atomic mass is 9.71. The molecule has 0 aromatic heterocycles. The van der Waals surface area contributed by atoms with E-state index in [2.05, 4.69) is 39.9 Å². The molecule has 0 amide bonds. The first kappa shape index (κ1) is 17.0. The topological polar surface area (TPSA) is 21.3 Å². The van der Waals surface area contributed by atoms with E-state index in [0.29, 0.717) is 18.1 Å². The number of hydrogen-bond acceptors (Lipinski definition) is 2. The number of hydrogen-bond donors (Lipinski definition) is 1. The Bertz CT molecular complexity index is 241. The molecule has 1 N–H and O–H groups in total. The minimum absolute atomic E-state index is 0.345. The average Bonchev–Trinajstić information content (AvgIpc) is 2.37. The molecular formula is C17H35NO. The summed E-state index contributed by atoms with van der Waals surface area (Å²) in [5.74, 6) is 3.11. The maximum atomic E-state index is 5.82. The van der Waals surface area contributed by atoms with Crippen LogP contribution in [0.5, 0.6) is 0 Å². The molecule has 2 nitrogen and oxygen atoms in total. The van der Waals surface area contributed by atoms with Gasteiger partial charge in [-0.25, -0.2) is 0 Å². The Balaban J connectivity index is 2.72. The van der Waals surface area contributed by atoms with Crippen molar-refractivity contribution in [3.05, 3.63) is 0 Å². The molecule has 0 aromatic rings. The van der Waals surface area contributed by atoms with Crippen molar-refractivity contribution < 1.29 is 4.74 Å². The Morgan fingerprint density at radius 2 is 1.84 bits per heavy atom. The number of ether oxygens (including phenoxy) is 1. The van der Waals surface area contributed by atoms with Crippen LogP contribution < -0.4 is 5.32 Å². The van der Waals surface area contributed by atoms with Gasteiger partial charge in [-0.15, -0.1) is 0 Å². The molecule has 0 aliphatic heterocycles. The van der Waals surface area contributed by atoms with Crippen LogP contribution in [0.4, 0.5) is 0 Å². The van der Waals surface area contributed by atoms with Gasteiger partial charge in [-0.05, 0) is 49.5 Å². The minimum Gasteiger partial charge on any atom is -0.380 e. The summed E-state index contributed by atoms with van der Waals surface area (Å²) in [6, 6.07) is 0.528. The molecule has 1 saturated carbocycles. The Labute approximate surface area is 120 Å². The highest BCUT2D eigenvalue weighted by Crippen LogP contribution is 2.36. The van der Waals surface area contributed by atoms with Crippen LogP contribution in [0, 0.1) is 23.7 Å². The molecule has 0 saturated heterocycles. The van der Waals surface area contributed by atoms with Crippen LogP contribution in [0.1, 0.15) is 60.3 Å². The first-order valence-corrected chi connectivity index (χ1v) is 8.27. The average molecular weight is 269 g/mol. The van der Waals surface area contributed by atoms with Gasteiger partial charge in [-0.2, -0.15) is 0 Å². The predicted molar refractivity (Wildman–Crippen MR) is 83.4 cm³/mol. The highest BCUT2D eigenvalue weighted by molar-refractivity contribution is 4.89. The van der Waals surface area contributed by atoms with E-state index in [4.69, 9.17) is 4.74 Å². The summed E-state index contributed by atoms with van der Waals surface area (Å²) >= 11 is 0. The van der Waals surface area contributed by atoms with Crippen LogP contribution in [0.3, 0.4) is 0 Å². The monoisotopic (exact) mass is 269 g/mol. The largest absolute Gasteiger partial charge is 0.380 e. The van der Waals surface area contributed by atoms with Crippen molar-refractivity contribution >= 4 is 0 Å². The van der Waals surface area contributed by atoms with Gasteiger partial charge < -0.3 is 10.1 Å². The zero-order valence-electron chi connectivity index (χ0n) is 13.9. The van der Waals surface area contributed by atoms with E-state index in [1.165, 1.54) is 25.7 Å². The third-order valence-corrected chi connectivity index (χ3v) is 5.06. The number of nitrogens with one attached hydrogen (secondary N) is 1. The molecule has 0 heterocycles. The van der Waals surface area contributed by atoms with Gasteiger partial charge in [0.1, 0.15) is 0 Å². The van der Waals surface area contributed by atoms with Gasteiger partial charge in [0.15, 0.2) is 0 Å². The zero-order valence-corrected chi connectivity index (χ0v) is 13.9. The molecule has 19 heavy (non-hydrogen) atoms. The van der Waals surface area contributed by atoms with Gasteiger partial charge >= 0.3 is 0 Å². The van der Waals surface area contributed by atoms with Gasteiger partial charge in [-0.1, -0.05) is 41.0 Å². The molecule has 0 aromatic carbocycles. The molecule has 0 radical (unpaired) electrons. The predicted octanol–water partition coefficient (Wildman–Crippen LogP) is 4.10. The lowest BCUT2D eigenvalue weighted by Crippen LogP contribution is -2.50. The summed E-state index contributed by atoms with van der Waals surface area (Å²) < 4.78 is 5.82. The Kier molecular flexibility index (Phi) is 7.38. The molecule has 1 rings (SSSR count). The second-order valence-electron chi connectivity index (χ2n) is 6.95. The minimum atomic E-state index is 0.345. The quantitative estimate of drug-likeness (QED) is 0.751. The molecule has 0 spiro atoms. The zero-order chi connectivity index (χ0) is 14.4. The van der Waals surface area contributed by atoms with E-state index < -0.39 is 0 Å². The maximum absolute atomic E-state index is 5.82. The third-order valence-electron chi connectivity index (χ3n) is 5.06. The van der Waals surface area contributed by atoms with Gasteiger partial charge in [-0.3, -0.25) is 0 Å². The smallest absolute Gasteiger partial charge is 0.0749 e. The second-order valence-corrected chi connectivity index (χ2v) is 6.95. The molecular weight excluding hydrogens is 234 g/mol. The normalized spacial score (nSPS) is 31.4. The molecule has 1 aliphatic rings. The number of rotatable bonds is 7. The van der Waals surface area contributed by atoms with Crippen molar-refractivity contribution in [3.8, 4) is 0 Å². The third kappa shape index (κ3) is 4.75. The Morgan fingerprint density at radius 1 is 1.16 bits per heavy atom. The molecule has 1 fully saturated rings. The van der Waals surface area contributed by atoms with E-state index in [0.717, 1.165) is 24.3 Å². The summed E-state index contributed by atoms with van der Waals surface area (Å²) in [5, 5.41) is 3.78. The van der Waals surface area contributed by atoms with E-state index in [9.17, 15) is 0 Å². The van der Waals surface area contributed by atoms with Crippen LogP contribution in [-0.4, -0.2) is 25.8 Å². The van der Waals surface area contributed by atoms with Crippen LogP contribution >= 0.6 is 0 Å². The standard InChI is InChI=1S/C17H35NO/c1-7-10-18-16(17(19-6)12(2)3)15-9-8-13(4)14(5)11-15/h12-18H,7-11H2,1-6H3. The summed E-state index contributed by atoms with van der Waals surface area (Å²) in [6.45, 7) is 12.7. The van der Waals surface area contributed by atoms with E-state index in [-0.39, 0.29) is 0 Å². The van der Waals surface area contributed by atoms with Crippen molar-refractivity contribution in [1.29, 1.82) is 0 Å². The van der Waals surface area contributed by atoms with Crippen LogP contribution in [-0.2, 0) is 4.74 Å². The lowest BCUT2D eigenvalue weighted by Gasteiger charge is -2.41. The van der Waals surface area contributed by atoms with Gasteiger partial charge in [0.2, 0.25) is 0 Å². The lowest BCUT2D eigenvalue weighted by molar-refractivity contribution is 0.000836. The van der Waals surface area contributed by atoms with Crippen molar-refractivity contribution in [2.24, 2.45) is 23.7 Å². The van der Waals surface area contributed by atoms with Crippen molar-refractivity contribution in [1.82, 2.24) is 5.32 Å². The fraction of sp³-hybridized carbons (Fsp3) is 1.00. The summed E-state index contributed by atoms with van der Waals surface area (Å²) in [6.07, 6.45) is 5.64. The molecule has 1 aliphatic carbocycles. The Morgan fingerprint density at radius 3 is 2.32 bits per heavy atom. The number of methoxy groups -OCH3 is 1. The first-order valence-electron chi connectivity index (χ1n) is 8.27. The highest BCUT2D eigenvalue weighted by atomic mass is 16.5. The fourth-order valence-corrected chi connectivity index (χ4v) is 3.61. The SMILES string of the molecule is CCCNC(C1CCC(C)C(C)C1)C(OC)C(C)C. The van der Waals surface area contributed by atoms with Gasteiger partial charge in [0.05, 0.1) is 6.10 Å². The first-order chi connectivity index (χ1) is 9.01. The van der Waals surface area contributed by atoms with Crippen LogP contribution in [0.2, 0.25) is 0 Å². The van der Waals surface area contributed by atoms with E-state index in [1.807, 2.05) is 7.11 Å². The van der Waals surface area contributed by atoms with Gasteiger partial charge in [0.25, 0.3) is 0 Å². The van der Waals surface area contributed by atoms with Gasteiger partial charge in [0, 0.05) is 13.2 Å². The highest BCUT2D eigenvalue weighted by Gasteiger charge is 2.35. The molecule has 2 heteroatoms. The van der Waals surface area contributed by atoms with Crippen molar-refractivity contribution in [3.63, 3.8) is 0 Å². The summed E-state index contributed by atoms with van der Waals surface area (Å²) in [7, 11) is 1.88. The Hall–Kier alpha value is -0.0800. The van der Waals surface area contributed by atoms with Crippen LogP contribution in [0.25, 0.3) is 0 Å². The molecule has 5 atom stereocenters. The molecule has 0 bridgehead atoms. The van der Waals surface area contributed by atoms with Crippen LogP contribution in [0.15, 0.2) is 0 Å². The maximum Gasteiger partial charge on any atom is 0.0749 e. The van der Waals surface area contributed by atoms with Crippen molar-refractivity contribution in [2.45, 2.75) is 72.4 Å².